The second-order valence-corrected chi connectivity index (χ2v) is 6.05. The summed E-state index contributed by atoms with van der Waals surface area (Å²) in [5, 5.41) is 0. The summed E-state index contributed by atoms with van der Waals surface area (Å²) < 4.78 is 27.9. The molecule has 0 aliphatic carbocycles. The molecule has 0 saturated carbocycles. The minimum Gasteiger partial charge on any atom is -0.279 e. The summed E-state index contributed by atoms with van der Waals surface area (Å²) in [5.74, 6) is -1.24. The number of allylic oxidation sites excluding steroid dienone is 2. The smallest absolute Gasteiger partial charge is 0.243 e. The number of hydrogen-bond acceptors (Lipinski definition) is 6. The van der Waals surface area contributed by atoms with Gasteiger partial charge in [-0.2, -0.15) is 28.8 Å². The van der Waals surface area contributed by atoms with Gasteiger partial charge in [-0.25, -0.2) is 4.90 Å². The number of guanidine groups is 3. The molecule has 0 bridgehead atoms. The first-order valence-electron chi connectivity index (χ1n) is 8.48. The molecular weight excluding hydrogens is 362 g/mol. The molecule has 28 heavy (non-hydrogen) atoms. The minimum absolute atomic E-state index is 0.0411. The molecular formula is C20H12F2N6. The van der Waals surface area contributed by atoms with Gasteiger partial charge in [0.1, 0.15) is 0 Å². The van der Waals surface area contributed by atoms with Crippen LogP contribution >= 0.6 is 0 Å². The Hall–Kier alpha value is -3.94. The van der Waals surface area contributed by atoms with Crippen LogP contribution in [0.25, 0.3) is 0 Å². The lowest BCUT2D eigenvalue weighted by Gasteiger charge is -2.33. The molecule has 136 valence electrons. The molecule has 0 N–H and O–H groups in total. The van der Waals surface area contributed by atoms with E-state index in [1.165, 1.54) is 4.90 Å². The van der Waals surface area contributed by atoms with Crippen molar-refractivity contribution in [1.82, 2.24) is 4.90 Å². The molecule has 3 aliphatic rings. The van der Waals surface area contributed by atoms with Gasteiger partial charge in [-0.1, -0.05) is 36.4 Å². The number of anilines is 2. The maximum absolute atomic E-state index is 14.0. The van der Waals surface area contributed by atoms with Gasteiger partial charge >= 0.3 is 0 Å². The first kappa shape index (κ1) is 16.2. The van der Waals surface area contributed by atoms with Crippen molar-refractivity contribution in [3.05, 3.63) is 84.5 Å². The Labute approximate surface area is 158 Å². The summed E-state index contributed by atoms with van der Waals surface area (Å²) in [6.45, 7) is 0. The SMILES string of the molecule is FC1=CC2=CC(F)=NC3=NC(N(c4ccccc4)c4ccccc4)=NC(=N1)N23. The van der Waals surface area contributed by atoms with E-state index < -0.39 is 11.9 Å². The predicted octanol–water partition coefficient (Wildman–Crippen LogP) is 4.30. The number of aliphatic imine (C=N–C) groups is 4. The van der Waals surface area contributed by atoms with Crippen molar-refractivity contribution in [2.24, 2.45) is 20.0 Å². The Bertz CT molecular complexity index is 1090. The van der Waals surface area contributed by atoms with Gasteiger partial charge in [0.15, 0.2) is 0 Å². The molecule has 0 saturated heterocycles. The van der Waals surface area contributed by atoms with Gasteiger partial charge in [-0.15, -0.1) is 0 Å². The molecule has 0 atom stereocenters. The van der Waals surface area contributed by atoms with Gasteiger partial charge in [0.05, 0.1) is 5.70 Å². The average molecular weight is 374 g/mol. The lowest BCUT2D eigenvalue weighted by atomic mass is 10.2. The van der Waals surface area contributed by atoms with Crippen LogP contribution in [0.1, 0.15) is 0 Å². The largest absolute Gasteiger partial charge is 0.279 e. The van der Waals surface area contributed by atoms with E-state index in [0.717, 1.165) is 23.5 Å². The molecule has 0 amide bonds. The summed E-state index contributed by atoms with van der Waals surface area (Å²) in [4.78, 5) is 19.7. The van der Waals surface area contributed by atoms with Crippen molar-refractivity contribution in [3.8, 4) is 0 Å². The number of benzene rings is 2. The number of nitrogens with zero attached hydrogens (tertiary/aromatic N) is 6. The number of para-hydroxylation sites is 2. The molecule has 0 unspecified atom stereocenters. The molecule has 3 heterocycles. The fourth-order valence-corrected chi connectivity index (χ4v) is 3.08. The van der Waals surface area contributed by atoms with Gasteiger partial charge < -0.3 is 0 Å². The fourth-order valence-electron chi connectivity index (χ4n) is 3.08. The second kappa shape index (κ2) is 6.34. The monoisotopic (exact) mass is 374 g/mol. The Morgan fingerprint density at radius 3 is 1.93 bits per heavy atom. The van der Waals surface area contributed by atoms with Crippen LogP contribution in [0, 0.1) is 0 Å². The maximum Gasteiger partial charge on any atom is 0.243 e. The highest BCUT2D eigenvalue weighted by Crippen LogP contribution is 2.30. The quantitative estimate of drug-likeness (QED) is 0.736. The van der Waals surface area contributed by atoms with Gasteiger partial charge in [-0.3, -0.25) is 4.90 Å². The van der Waals surface area contributed by atoms with E-state index in [9.17, 15) is 8.78 Å². The van der Waals surface area contributed by atoms with E-state index in [1.54, 1.807) is 4.90 Å². The molecule has 2 aromatic rings. The van der Waals surface area contributed by atoms with Crippen LogP contribution in [-0.4, -0.2) is 28.7 Å². The third kappa shape index (κ3) is 2.71. The van der Waals surface area contributed by atoms with Crippen LogP contribution in [0.4, 0.5) is 20.2 Å². The zero-order chi connectivity index (χ0) is 19.1. The first-order chi connectivity index (χ1) is 13.7. The third-order valence-electron chi connectivity index (χ3n) is 4.23. The van der Waals surface area contributed by atoms with Gasteiger partial charge in [0.2, 0.25) is 29.8 Å². The lowest BCUT2D eigenvalue weighted by molar-refractivity contribution is 0.594. The maximum atomic E-state index is 14.0. The van der Waals surface area contributed by atoms with Crippen molar-refractivity contribution in [2.45, 2.75) is 0 Å². The highest BCUT2D eigenvalue weighted by atomic mass is 19.1. The molecule has 5 rings (SSSR count). The minimum atomic E-state index is -0.762. The van der Waals surface area contributed by atoms with Crippen molar-refractivity contribution in [3.63, 3.8) is 0 Å². The van der Waals surface area contributed by atoms with E-state index >= 15 is 0 Å². The molecule has 2 aromatic carbocycles. The normalized spacial score (nSPS) is 17.4. The molecule has 0 spiro atoms. The third-order valence-corrected chi connectivity index (χ3v) is 4.23. The zero-order valence-electron chi connectivity index (χ0n) is 14.4. The van der Waals surface area contributed by atoms with Gasteiger partial charge in [-0.05, 0) is 24.3 Å². The summed E-state index contributed by atoms with van der Waals surface area (Å²) in [6.07, 6.45) is 2.22. The summed E-state index contributed by atoms with van der Waals surface area (Å²) in [7, 11) is 0. The molecule has 0 fully saturated rings. The highest BCUT2D eigenvalue weighted by Gasteiger charge is 2.34. The Balaban J connectivity index is 1.70. The van der Waals surface area contributed by atoms with E-state index in [4.69, 9.17) is 0 Å². The topological polar surface area (TPSA) is 55.9 Å². The van der Waals surface area contributed by atoms with Crippen LogP contribution in [-0.2, 0) is 0 Å². The van der Waals surface area contributed by atoms with Crippen LogP contribution in [0.2, 0.25) is 0 Å². The van der Waals surface area contributed by atoms with Gasteiger partial charge in [0, 0.05) is 23.5 Å². The van der Waals surface area contributed by atoms with Crippen LogP contribution < -0.4 is 4.90 Å². The molecule has 6 nitrogen and oxygen atoms in total. The van der Waals surface area contributed by atoms with Crippen molar-refractivity contribution < 1.29 is 8.78 Å². The summed E-state index contributed by atoms with van der Waals surface area (Å²) in [6, 6.07) is 18.9. The van der Waals surface area contributed by atoms with E-state index in [1.807, 2.05) is 60.7 Å². The van der Waals surface area contributed by atoms with Crippen LogP contribution in [0.15, 0.2) is 104 Å². The summed E-state index contributed by atoms with van der Waals surface area (Å²) >= 11 is 0. The second-order valence-electron chi connectivity index (χ2n) is 6.05. The Morgan fingerprint density at radius 2 is 1.29 bits per heavy atom. The molecule has 0 radical (unpaired) electrons. The van der Waals surface area contributed by atoms with Crippen molar-refractivity contribution in [2.75, 3.05) is 4.90 Å². The van der Waals surface area contributed by atoms with Crippen LogP contribution in [0.5, 0.6) is 0 Å². The Morgan fingerprint density at radius 1 is 0.679 bits per heavy atom. The number of halogens is 2. The molecule has 0 aromatic heterocycles. The number of hydrogen-bond donors (Lipinski definition) is 0. The van der Waals surface area contributed by atoms with Crippen LogP contribution in [0.3, 0.4) is 0 Å². The predicted molar refractivity (Wildman–Crippen MR) is 105 cm³/mol. The zero-order valence-corrected chi connectivity index (χ0v) is 14.4. The lowest BCUT2D eigenvalue weighted by Crippen LogP contribution is -2.44. The molecule has 3 aliphatic heterocycles. The van der Waals surface area contributed by atoms with Crippen molar-refractivity contribution >= 4 is 35.2 Å². The van der Waals surface area contributed by atoms with E-state index in [-0.39, 0.29) is 23.6 Å². The van der Waals surface area contributed by atoms with Crippen molar-refractivity contribution in [1.29, 1.82) is 0 Å². The number of rotatable bonds is 2. The first-order valence-corrected chi connectivity index (χ1v) is 8.48. The van der Waals surface area contributed by atoms with Gasteiger partial charge in [0.25, 0.3) is 0 Å². The molecule has 8 heteroatoms. The summed E-state index contributed by atoms with van der Waals surface area (Å²) in [5.41, 5.74) is 1.81. The Kier molecular flexibility index (Phi) is 3.68. The van der Waals surface area contributed by atoms with E-state index in [2.05, 4.69) is 20.0 Å². The standard InChI is InChI=1S/C20H12F2N6/c21-16-11-15-12-17(22)24-19-26-20(25-18(23-16)28(15)19)27(13-7-3-1-4-8-13)14-9-5-2-6-10-14/h1-12H. The highest BCUT2D eigenvalue weighted by molar-refractivity contribution is 6.22. The van der Waals surface area contributed by atoms with E-state index in [0.29, 0.717) is 0 Å². The fraction of sp³-hybridized carbons (Fsp3) is 0. The average Bonchev–Trinajstić information content (AvgIpc) is 2.69.